The minimum Gasteiger partial charge on any atom is -0.466 e. The molecule has 2 unspecified atom stereocenters. The topological polar surface area (TPSA) is 68.7 Å². The maximum Gasteiger partial charge on any atom is 0.257 e. The Labute approximate surface area is 125 Å². The highest BCUT2D eigenvalue weighted by molar-refractivity contribution is 5.95. The van der Waals surface area contributed by atoms with Gasteiger partial charge in [-0.25, -0.2) is 0 Å². The molecule has 0 bridgehead atoms. The first-order valence-electron chi connectivity index (χ1n) is 6.67. The minimum atomic E-state index is 0. The Kier molecular flexibility index (Phi) is 6.05. The van der Waals surface area contributed by atoms with E-state index in [1.54, 1.807) is 13.2 Å². The quantitative estimate of drug-likeness (QED) is 0.926. The summed E-state index contributed by atoms with van der Waals surface area (Å²) in [6.07, 6.45) is 1.85. The summed E-state index contributed by atoms with van der Waals surface area (Å²) in [5.74, 6) is 1.45. The summed E-state index contributed by atoms with van der Waals surface area (Å²) in [4.78, 5) is 14.4. The van der Waals surface area contributed by atoms with Gasteiger partial charge in [0.25, 0.3) is 5.91 Å². The van der Waals surface area contributed by atoms with Gasteiger partial charge in [0, 0.05) is 26.2 Å². The maximum absolute atomic E-state index is 12.6. The summed E-state index contributed by atoms with van der Waals surface area (Å²) >= 11 is 0. The Morgan fingerprint density at radius 2 is 2.25 bits per heavy atom. The Morgan fingerprint density at radius 3 is 2.75 bits per heavy atom. The molecule has 1 aliphatic heterocycles. The average Bonchev–Trinajstić information content (AvgIpc) is 2.76. The summed E-state index contributed by atoms with van der Waals surface area (Å²) < 4.78 is 10.8. The van der Waals surface area contributed by atoms with E-state index in [9.17, 15) is 4.79 Å². The van der Waals surface area contributed by atoms with Crippen LogP contribution >= 0.6 is 12.4 Å². The monoisotopic (exact) mass is 302 g/mol. The van der Waals surface area contributed by atoms with Gasteiger partial charge >= 0.3 is 0 Å². The second-order valence-electron chi connectivity index (χ2n) is 5.10. The first kappa shape index (κ1) is 17.0. The van der Waals surface area contributed by atoms with E-state index in [1.165, 1.54) is 0 Å². The van der Waals surface area contributed by atoms with Crippen molar-refractivity contribution >= 4 is 18.3 Å². The summed E-state index contributed by atoms with van der Waals surface area (Å²) in [7, 11) is 1.71. The third kappa shape index (κ3) is 3.34. The Balaban J connectivity index is 0.00000200. The highest BCUT2D eigenvalue weighted by Gasteiger charge is 2.32. The molecule has 6 heteroatoms. The molecule has 1 amide bonds. The number of furan rings is 1. The molecule has 2 heterocycles. The van der Waals surface area contributed by atoms with Gasteiger partial charge in [-0.1, -0.05) is 0 Å². The number of nitrogens with zero attached hydrogens (tertiary/aromatic N) is 1. The first-order valence-corrected chi connectivity index (χ1v) is 6.67. The number of likely N-dealkylation sites (tertiary alicyclic amines) is 1. The van der Waals surface area contributed by atoms with Gasteiger partial charge in [-0.2, -0.15) is 0 Å². The molecule has 1 saturated heterocycles. The van der Waals surface area contributed by atoms with Crippen molar-refractivity contribution in [3.05, 3.63) is 23.2 Å². The lowest BCUT2D eigenvalue weighted by molar-refractivity contribution is 0.0138. The van der Waals surface area contributed by atoms with Crippen LogP contribution in [0.25, 0.3) is 0 Å². The van der Waals surface area contributed by atoms with Gasteiger partial charge in [-0.05, 0) is 32.8 Å². The largest absolute Gasteiger partial charge is 0.466 e. The van der Waals surface area contributed by atoms with Gasteiger partial charge in [0.1, 0.15) is 11.5 Å². The molecule has 2 rings (SSSR count). The standard InChI is InChI=1S/C14H22N2O3.ClH/c1-9-6-13(10(2)19-9)14(17)16-5-4-12(18-3)7-11(16)8-15;/h6,11-12H,4-5,7-8,15H2,1-3H3;1H. The average molecular weight is 303 g/mol. The van der Waals surface area contributed by atoms with Crippen molar-refractivity contribution in [1.29, 1.82) is 0 Å². The second-order valence-corrected chi connectivity index (χ2v) is 5.10. The molecule has 0 aliphatic carbocycles. The van der Waals surface area contributed by atoms with Crippen LogP contribution in [0.15, 0.2) is 10.5 Å². The summed E-state index contributed by atoms with van der Waals surface area (Å²) in [6.45, 7) is 4.81. The molecule has 5 nitrogen and oxygen atoms in total. The number of methoxy groups -OCH3 is 1. The normalized spacial score (nSPS) is 22.5. The van der Waals surface area contributed by atoms with Crippen LogP contribution in [0.2, 0.25) is 0 Å². The molecule has 2 N–H and O–H groups in total. The number of rotatable bonds is 3. The number of amides is 1. The molecular formula is C14H23ClN2O3. The fourth-order valence-corrected chi connectivity index (χ4v) is 2.72. The molecule has 1 aromatic rings. The Hall–Kier alpha value is -1.04. The maximum atomic E-state index is 12.6. The van der Waals surface area contributed by atoms with E-state index in [-0.39, 0.29) is 30.5 Å². The number of aryl methyl sites for hydroxylation is 2. The number of hydrogen-bond acceptors (Lipinski definition) is 4. The third-order valence-electron chi connectivity index (χ3n) is 3.81. The van der Waals surface area contributed by atoms with Crippen molar-refractivity contribution in [2.24, 2.45) is 5.73 Å². The minimum absolute atomic E-state index is 0. The predicted molar refractivity (Wildman–Crippen MR) is 79.3 cm³/mol. The van der Waals surface area contributed by atoms with Gasteiger partial charge in [0.2, 0.25) is 0 Å². The van der Waals surface area contributed by atoms with E-state index >= 15 is 0 Å². The Morgan fingerprint density at radius 1 is 1.55 bits per heavy atom. The number of halogens is 1. The second kappa shape index (κ2) is 7.11. The van der Waals surface area contributed by atoms with E-state index in [2.05, 4.69) is 0 Å². The molecular weight excluding hydrogens is 280 g/mol. The zero-order chi connectivity index (χ0) is 14.0. The van der Waals surface area contributed by atoms with Crippen LogP contribution in [0.3, 0.4) is 0 Å². The van der Waals surface area contributed by atoms with Crippen LogP contribution in [0, 0.1) is 13.8 Å². The third-order valence-corrected chi connectivity index (χ3v) is 3.81. The molecule has 2 atom stereocenters. The highest BCUT2D eigenvalue weighted by atomic mass is 35.5. The van der Waals surface area contributed by atoms with Crippen LogP contribution < -0.4 is 5.73 Å². The van der Waals surface area contributed by atoms with Gasteiger partial charge in [0.05, 0.1) is 11.7 Å². The summed E-state index contributed by atoms with van der Waals surface area (Å²) in [6, 6.07) is 1.84. The lowest BCUT2D eigenvalue weighted by Crippen LogP contribution is -2.51. The molecule has 1 fully saturated rings. The van der Waals surface area contributed by atoms with Crippen molar-refractivity contribution in [3.8, 4) is 0 Å². The van der Waals surface area contributed by atoms with E-state index in [0.29, 0.717) is 24.4 Å². The van der Waals surface area contributed by atoms with Crippen LogP contribution in [-0.2, 0) is 4.74 Å². The van der Waals surface area contributed by atoms with Gasteiger partial charge in [-0.15, -0.1) is 12.4 Å². The van der Waals surface area contributed by atoms with Crippen LogP contribution in [0.4, 0.5) is 0 Å². The molecule has 0 saturated carbocycles. The zero-order valence-corrected chi connectivity index (χ0v) is 13.0. The fourth-order valence-electron chi connectivity index (χ4n) is 2.72. The number of ether oxygens (including phenoxy) is 1. The van der Waals surface area contributed by atoms with Crippen molar-refractivity contribution in [1.82, 2.24) is 4.90 Å². The predicted octanol–water partition coefficient (Wildman–Crippen LogP) is 1.90. The highest BCUT2D eigenvalue weighted by Crippen LogP contribution is 2.23. The molecule has 1 aliphatic rings. The first-order chi connectivity index (χ1) is 9.06. The number of piperidine rings is 1. The molecule has 1 aromatic heterocycles. The molecule has 0 spiro atoms. The van der Waals surface area contributed by atoms with E-state index in [1.807, 2.05) is 18.7 Å². The molecule has 0 aromatic carbocycles. The lowest BCUT2D eigenvalue weighted by atomic mass is 9.98. The van der Waals surface area contributed by atoms with E-state index < -0.39 is 0 Å². The summed E-state index contributed by atoms with van der Waals surface area (Å²) in [5.41, 5.74) is 6.44. The van der Waals surface area contributed by atoms with Crippen molar-refractivity contribution in [2.45, 2.75) is 38.8 Å². The van der Waals surface area contributed by atoms with E-state index in [4.69, 9.17) is 14.9 Å². The summed E-state index contributed by atoms with van der Waals surface area (Å²) in [5, 5.41) is 0. The zero-order valence-electron chi connectivity index (χ0n) is 12.2. The number of carbonyl (C=O) groups is 1. The van der Waals surface area contributed by atoms with Crippen LogP contribution in [0.5, 0.6) is 0 Å². The van der Waals surface area contributed by atoms with Crippen LogP contribution in [-0.4, -0.2) is 43.2 Å². The van der Waals surface area contributed by atoms with Crippen molar-refractivity contribution in [3.63, 3.8) is 0 Å². The number of nitrogens with two attached hydrogens (primary N) is 1. The Bertz CT molecular complexity index is 461. The smallest absolute Gasteiger partial charge is 0.257 e. The molecule has 114 valence electrons. The SMILES string of the molecule is COC1CCN(C(=O)c2cc(C)oc2C)C(CN)C1.Cl. The van der Waals surface area contributed by atoms with Crippen LogP contribution in [0.1, 0.15) is 34.7 Å². The molecule has 0 radical (unpaired) electrons. The van der Waals surface area contributed by atoms with Gasteiger partial charge in [-0.3, -0.25) is 4.79 Å². The van der Waals surface area contributed by atoms with Crippen molar-refractivity contribution in [2.75, 3.05) is 20.2 Å². The van der Waals surface area contributed by atoms with Gasteiger partial charge < -0.3 is 19.8 Å². The van der Waals surface area contributed by atoms with Gasteiger partial charge in [0.15, 0.2) is 0 Å². The molecule has 20 heavy (non-hydrogen) atoms. The lowest BCUT2D eigenvalue weighted by Gasteiger charge is -2.38. The fraction of sp³-hybridized carbons (Fsp3) is 0.643. The number of carbonyl (C=O) groups excluding carboxylic acids is 1. The number of hydrogen-bond donors (Lipinski definition) is 1. The van der Waals surface area contributed by atoms with E-state index in [0.717, 1.165) is 18.6 Å². The van der Waals surface area contributed by atoms with Crippen molar-refractivity contribution < 1.29 is 13.9 Å².